The number of hydrogen-bond donors (Lipinski definition) is 0. The van der Waals surface area contributed by atoms with E-state index in [2.05, 4.69) is 39.0 Å². The number of piperidine rings is 1. The Hall–Kier alpha value is -3.93. The van der Waals surface area contributed by atoms with E-state index in [1.807, 2.05) is 25.1 Å². The van der Waals surface area contributed by atoms with Crippen LogP contribution in [0.2, 0.25) is 5.02 Å². The van der Waals surface area contributed by atoms with Gasteiger partial charge in [0.05, 0.1) is 10.7 Å². The van der Waals surface area contributed by atoms with Crippen molar-refractivity contribution >= 4 is 35.3 Å². The molecular weight excluding hydrogens is 548 g/mol. The summed E-state index contributed by atoms with van der Waals surface area (Å²) in [6.07, 6.45) is 6.22. The molecule has 2 amide bonds. The highest BCUT2D eigenvalue weighted by Gasteiger charge is 2.43. The minimum atomic E-state index is -0.868. The second kappa shape index (κ2) is 12.9. The first kappa shape index (κ1) is 29.6. The summed E-state index contributed by atoms with van der Waals surface area (Å²) in [5.74, 6) is 0. The minimum absolute atomic E-state index is 0.263. The summed E-state index contributed by atoms with van der Waals surface area (Å²) in [6, 6.07) is 19.6. The van der Waals surface area contributed by atoms with Crippen molar-refractivity contribution in [3.05, 3.63) is 77.1 Å². The molecule has 9 heteroatoms. The Kier molecular flexibility index (Phi) is 9.10. The number of hydrogen-bond acceptors (Lipinski definition) is 6. The monoisotopic (exact) mass is 584 g/mol. The van der Waals surface area contributed by atoms with Crippen LogP contribution in [0.3, 0.4) is 0 Å². The molecule has 8 nitrogen and oxygen atoms in total. The average Bonchev–Trinajstić information content (AvgIpc) is 3.57. The third-order valence-electron chi connectivity index (χ3n) is 8.64. The molecular formula is C33H37ClN6O2. The molecule has 0 radical (unpaired) electrons. The van der Waals surface area contributed by atoms with Crippen LogP contribution in [-0.2, 0) is 11.3 Å². The highest BCUT2D eigenvalue weighted by molar-refractivity contribution is 6.34. The first-order valence-corrected chi connectivity index (χ1v) is 15.0. The molecule has 0 bridgehead atoms. The first-order chi connectivity index (χ1) is 20.4. The Morgan fingerprint density at radius 1 is 1.05 bits per heavy atom. The molecule has 0 aliphatic carbocycles. The summed E-state index contributed by atoms with van der Waals surface area (Å²) in [7, 11) is 1.69. The molecule has 0 spiro atoms. The van der Waals surface area contributed by atoms with Gasteiger partial charge in [0.1, 0.15) is 23.6 Å². The number of likely N-dealkylation sites (N-methyl/N-ethyl adjacent to an activating group) is 1. The van der Waals surface area contributed by atoms with Crippen LogP contribution < -0.4 is 9.80 Å². The van der Waals surface area contributed by atoms with Crippen LogP contribution in [0.5, 0.6) is 0 Å². The number of nitrogens with zero attached hydrogens (tertiary/aromatic N) is 6. The maximum atomic E-state index is 13.8. The van der Waals surface area contributed by atoms with Gasteiger partial charge in [0.15, 0.2) is 0 Å². The van der Waals surface area contributed by atoms with E-state index in [-0.39, 0.29) is 6.03 Å². The van der Waals surface area contributed by atoms with Gasteiger partial charge in [0, 0.05) is 58.2 Å². The van der Waals surface area contributed by atoms with Crippen molar-refractivity contribution < 1.29 is 9.59 Å². The van der Waals surface area contributed by atoms with E-state index >= 15 is 0 Å². The number of benzene rings is 2. The Labute approximate surface area is 253 Å². The van der Waals surface area contributed by atoms with Crippen molar-refractivity contribution in [3.63, 3.8) is 0 Å². The number of aromatic nitrogens is 1. The predicted octanol–water partition coefficient (Wildman–Crippen LogP) is 5.99. The molecule has 5 rings (SSSR count). The molecule has 218 valence electrons. The second-order valence-corrected chi connectivity index (χ2v) is 11.6. The molecule has 3 aromatic rings. The molecule has 0 atom stereocenters. The Bertz CT molecular complexity index is 1460. The van der Waals surface area contributed by atoms with Crippen molar-refractivity contribution in [2.45, 2.75) is 44.7 Å². The van der Waals surface area contributed by atoms with Crippen molar-refractivity contribution in [3.8, 4) is 17.2 Å². The molecule has 2 aliphatic rings. The summed E-state index contributed by atoms with van der Waals surface area (Å²) < 4.78 is 0. The van der Waals surface area contributed by atoms with Crippen molar-refractivity contribution in [2.75, 3.05) is 49.6 Å². The van der Waals surface area contributed by atoms with Crippen LogP contribution in [0.15, 0.2) is 60.8 Å². The molecule has 0 unspecified atom stereocenters. The van der Waals surface area contributed by atoms with Gasteiger partial charge in [0.25, 0.3) is 0 Å². The molecule has 2 aromatic carbocycles. The normalized spacial score (nSPS) is 16.6. The lowest BCUT2D eigenvalue weighted by Crippen LogP contribution is -2.60. The van der Waals surface area contributed by atoms with Gasteiger partial charge in [-0.05, 0) is 85.7 Å². The van der Waals surface area contributed by atoms with Gasteiger partial charge in [-0.2, -0.15) is 5.26 Å². The Morgan fingerprint density at radius 2 is 1.74 bits per heavy atom. The molecule has 2 saturated heterocycles. The number of carbonyl (C=O) groups is 2. The minimum Gasteiger partial charge on any atom is -0.372 e. The van der Waals surface area contributed by atoms with Crippen LogP contribution in [0, 0.1) is 11.3 Å². The second-order valence-electron chi connectivity index (χ2n) is 11.2. The van der Waals surface area contributed by atoms with Crippen LogP contribution in [-0.4, -0.2) is 72.4 Å². The SMILES string of the molecule is CCN(C(=O)N(C)c1ccc(-c2ccnc(C#N)c2)cc1Cl)C1(C=O)CCN(Cc2ccc(N3CCCC3)cc2)CC1. The van der Waals surface area contributed by atoms with E-state index in [0.29, 0.717) is 35.8 Å². The zero-order valence-corrected chi connectivity index (χ0v) is 25.1. The molecule has 2 aliphatic heterocycles. The topological polar surface area (TPSA) is 83.8 Å². The number of halogens is 1. The summed E-state index contributed by atoms with van der Waals surface area (Å²) in [5.41, 5.74) is 4.18. The molecule has 3 heterocycles. The van der Waals surface area contributed by atoms with E-state index in [9.17, 15) is 14.9 Å². The summed E-state index contributed by atoms with van der Waals surface area (Å²) >= 11 is 6.66. The van der Waals surface area contributed by atoms with E-state index in [4.69, 9.17) is 11.6 Å². The molecule has 0 saturated carbocycles. The lowest BCUT2D eigenvalue weighted by molar-refractivity contribution is -0.119. The first-order valence-electron chi connectivity index (χ1n) is 14.6. The van der Waals surface area contributed by atoms with Crippen LogP contribution in [0.4, 0.5) is 16.2 Å². The van der Waals surface area contributed by atoms with Crippen LogP contribution >= 0.6 is 11.6 Å². The standard InChI is InChI=1S/C33H37ClN6O2/c1-3-40(32(42)37(2)31-11-8-26(21-30(31)34)27-12-15-36-28(20-27)22-35)33(24-41)13-18-38(19-14-33)23-25-6-9-29(10-7-25)39-16-4-5-17-39/h6-12,15,20-21,24H,3-5,13-14,16-19,23H2,1-2H3. The highest BCUT2D eigenvalue weighted by Crippen LogP contribution is 2.34. The maximum absolute atomic E-state index is 13.8. The number of pyridine rings is 1. The number of anilines is 2. The number of aldehydes is 1. The molecule has 2 fully saturated rings. The lowest BCUT2D eigenvalue weighted by Gasteiger charge is -2.46. The van der Waals surface area contributed by atoms with E-state index in [1.54, 1.807) is 36.3 Å². The Morgan fingerprint density at radius 3 is 2.36 bits per heavy atom. The van der Waals surface area contributed by atoms with Gasteiger partial charge in [-0.15, -0.1) is 0 Å². The summed E-state index contributed by atoms with van der Waals surface area (Å²) in [6.45, 7) is 6.86. The number of rotatable bonds is 8. The van der Waals surface area contributed by atoms with Gasteiger partial charge in [-0.25, -0.2) is 9.78 Å². The smallest absolute Gasteiger partial charge is 0.325 e. The molecule has 1 aromatic heterocycles. The number of likely N-dealkylation sites (tertiary alicyclic amines) is 1. The molecule has 0 N–H and O–H groups in total. The fraction of sp³-hybridized carbons (Fsp3) is 0.394. The van der Waals surface area contributed by atoms with Gasteiger partial charge in [-0.3, -0.25) is 9.80 Å². The van der Waals surface area contributed by atoms with Gasteiger partial charge in [0.2, 0.25) is 0 Å². The van der Waals surface area contributed by atoms with Crippen molar-refractivity contribution in [2.24, 2.45) is 0 Å². The number of amides is 2. The summed E-state index contributed by atoms with van der Waals surface area (Å²) in [4.78, 5) is 38.4. The zero-order valence-electron chi connectivity index (χ0n) is 24.3. The number of nitriles is 1. The number of carbonyl (C=O) groups excluding carboxylic acids is 2. The van der Waals surface area contributed by atoms with Crippen LogP contribution in [0.1, 0.15) is 43.9 Å². The quantitative estimate of drug-likeness (QED) is 0.303. The third-order valence-corrected chi connectivity index (χ3v) is 8.95. The largest absolute Gasteiger partial charge is 0.372 e. The van der Waals surface area contributed by atoms with E-state index in [0.717, 1.165) is 50.1 Å². The van der Waals surface area contributed by atoms with E-state index < -0.39 is 5.54 Å². The van der Waals surface area contributed by atoms with Gasteiger partial charge < -0.3 is 14.6 Å². The van der Waals surface area contributed by atoms with Gasteiger partial charge >= 0.3 is 6.03 Å². The van der Waals surface area contributed by atoms with Gasteiger partial charge in [-0.1, -0.05) is 29.8 Å². The number of urea groups is 1. The predicted molar refractivity (Wildman–Crippen MR) is 167 cm³/mol. The fourth-order valence-electron chi connectivity index (χ4n) is 6.15. The zero-order chi connectivity index (χ0) is 29.7. The third kappa shape index (κ3) is 6.13. The Balaban J connectivity index is 1.24. The average molecular weight is 585 g/mol. The molecule has 42 heavy (non-hydrogen) atoms. The lowest BCUT2D eigenvalue weighted by atomic mass is 9.87. The fourth-order valence-corrected chi connectivity index (χ4v) is 6.46. The van der Waals surface area contributed by atoms with Crippen LogP contribution in [0.25, 0.3) is 11.1 Å². The van der Waals surface area contributed by atoms with Crippen molar-refractivity contribution in [1.82, 2.24) is 14.8 Å². The maximum Gasteiger partial charge on any atom is 0.325 e. The van der Waals surface area contributed by atoms with Crippen molar-refractivity contribution in [1.29, 1.82) is 5.26 Å². The van der Waals surface area contributed by atoms with E-state index in [1.165, 1.54) is 29.0 Å². The summed E-state index contributed by atoms with van der Waals surface area (Å²) in [5, 5.41) is 9.58. The highest BCUT2D eigenvalue weighted by atomic mass is 35.5.